The van der Waals surface area contributed by atoms with Crippen LogP contribution in [-0.2, 0) is 10.0 Å². The lowest BCUT2D eigenvalue weighted by molar-refractivity contribution is 0.584. The lowest BCUT2D eigenvalue weighted by atomic mass is 10.3. The zero-order valence-electron chi connectivity index (χ0n) is 7.70. The van der Waals surface area contributed by atoms with Gasteiger partial charge in [0.15, 0.2) is 0 Å². The number of rotatable bonds is 4. The normalized spacial score (nSPS) is 11.4. The highest BCUT2D eigenvalue weighted by molar-refractivity contribution is 7.89. The Morgan fingerprint density at radius 1 is 1.33 bits per heavy atom. The second-order valence-corrected chi connectivity index (χ2v) is 4.65. The minimum absolute atomic E-state index is 0.0264. The minimum atomic E-state index is -3.57. The molecule has 0 aliphatic rings. The molecule has 0 amide bonds. The fraction of sp³-hybridized carbons (Fsp3) is 0.250. The van der Waals surface area contributed by atoms with Gasteiger partial charge >= 0.3 is 0 Å². The summed E-state index contributed by atoms with van der Waals surface area (Å²) >= 11 is 0. The van der Waals surface area contributed by atoms with Crippen LogP contribution in [0.1, 0.15) is 0 Å². The summed E-state index contributed by atoms with van der Waals surface area (Å²) < 4.78 is 46.6. The van der Waals surface area contributed by atoms with E-state index in [9.17, 15) is 17.2 Å². The molecule has 0 bridgehead atoms. The first-order valence-electron chi connectivity index (χ1n) is 4.08. The maximum absolute atomic E-state index is 13.0. The Morgan fingerprint density at radius 3 is 2.53 bits per heavy atom. The molecule has 0 spiro atoms. The van der Waals surface area contributed by atoms with Gasteiger partial charge in [-0.2, -0.15) is 0 Å². The highest BCUT2D eigenvalue weighted by Gasteiger charge is 2.05. The number of primary sulfonamides is 1. The molecule has 0 saturated carbocycles. The molecule has 0 aromatic heterocycles. The van der Waals surface area contributed by atoms with Crippen LogP contribution in [0.5, 0.6) is 0 Å². The van der Waals surface area contributed by atoms with E-state index in [-0.39, 0.29) is 18.0 Å². The predicted molar refractivity (Wildman–Crippen MR) is 52.8 cm³/mol. The molecule has 1 aromatic rings. The molecule has 84 valence electrons. The van der Waals surface area contributed by atoms with Gasteiger partial charge in [-0.05, 0) is 12.1 Å². The van der Waals surface area contributed by atoms with E-state index in [1.165, 1.54) is 6.07 Å². The number of nitrogens with two attached hydrogens (primary N) is 1. The van der Waals surface area contributed by atoms with Gasteiger partial charge in [0.25, 0.3) is 0 Å². The Morgan fingerprint density at radius 2 is 2.00 bits per heavy atom. The number of benzene rings is 1. The third kappa shape index (κ3) is 4.22. The maximum atomic E-state index is 13.0. The van der Waals surface area contributed by atoms with E-state index in [4.69, 9.17) is 5.14 Å². The fourth-order valence-electron chi connectivity index (χ4n) is 0.961. The molecule has 3 N–H and O–H groups in total. The molecule has 7 heteroatoms. The van der Waals surface area contributed by atoms with Gasteiger partial charge in [-0.25, -0.2) is 22.3 Å². The molecule has 1 rings (SSSR count). The van der Waals surface area contributed by atoms with Crippen molar-refractivity contribution >= 4 is 15.7 Å². The van der Waals surface area contributed by atoms with Crippen molar-refractivity contribution in [1.29, 1.82) is 0 Å². The summed E-state index contributed by atoms with van der Waals surface area (Å²) in [6.45, 7) is -0.0264. The number of anilines is 1. The highest BCUT2D eigenvalue weighted by atomic mass is 32.2. The molecular weight excluding hydrogens is 226 g/mol. The molecule has 4 nitrogen and oxygen atoms in total. The molecule has 1 aromatic carbocycles. The summed E-state index contributed by atoms with van der Waals surface area (Å²) in [5.41, 5.74) is 0.0417. The van der Waals surface area contributed by atoms with Gasteiger partial charge in [0.05, 0.1) is 11.4 Å². The van der Waals surface area contributed by atoms with Crippen LogP contribution in [0.3, 0.4) is 0 Å². The van der Waals surface area contributed by atoms with Gasteiger partial charge in [0.1, 0.15) is 11.6 Å². The van der Waals surface area contributed by atoms with Crippen LogP contribution < -0.4 is 10.5 Å². The summed E-state index contributed by atoms with van der Waals surface area (Å²) in [7, 11) is -3.57. The standard InChI is InChI=1S/C8H10F2N2O2S/c9-6-1-2-8(7(10)5-6)12-3-4-15(11,13)14/h1-2,5,12H,3-4H2,(H2,11,13,14). The van der Waals surface area contributed by atoms with Crippen molar-refractivity contribution in [2.24, 2.45) is 5.14 Å². The van der Waals surface area contributed by atoms with Crippen LogP contribution in [0.15, 0.2) is 18.2 Å². The third-order valence-electron chi connectivity index (χ3n) is 1.63. The van der Waals surface area contributed by atoms with Crippen LogP contribution in [0.4, 0.5) is 14.5 Å². The van der Waals surface area contributed by atoms with Crippen LogP contribution in [0.2, 0.25) is 0 Å². The summed E-state index contributed by atoms with van der Waals surface area (Å²) in [5, 5.41) is 7.24. The van der Waals surface area contributed by atoms with E-state index < -0.39 is 21.7 Å². The van der Waals surface area contributed by atoms with E-state index in [2.05, 4.69) is 5.32 Å². The Balaban J connectivity index is 2.59. The molecule has 0 unspecified atom stereocenters. The number of sulfonamides is 1. The Bertz CT molecular complexity index is 448. The topological polar surface area (TPSA) is 72.2 Å². The van der Waals surface area contributed by atoms with Crippen molar-refractivity contribution in [1.82, 2.24) is 0 Å². The molecule has 0 aliphatic heterocycles. The van der Waals surface area contributed by atoms with Crippen LogP contribution >= 0.6 is 0 Å². The average Bonchev–Trinajstić information content (AvgIpc) is 2.07. The van der Waals surface area contributed by atoms with Crippen LogP contribution in [0.25, 0.3) is 0 Å². The molecular formula is C8H10F2N2O2S. The first-order valence-corrected chi connectivity index (χ1v) is 5.79. The minimum Gasteiger partial charge on any atom is -0.382 e. The van der Waals surface area contributed by atoms with Crippen molar-refractivity contribution in [2.75, 3.05) is 17.6 Å². The lowest BCUT2D eigenvalue weighted by Crippen LogP contribution is -2.22. The van der Waals surface area contributed by atoms with Gasteiger partial charge in [-0.15, -0.1) is 0 Å². The average molecular weight is 236 g/mol. The van der Waals surface area contributed by atoms with Gasteiger partial charge in [-0.1, -0.05) is 0 Å². The molecule has 0 saturated heterocycles. The van der Waals surface area contributed by atoms with Crippen molar-refractivity contribution in [3.63, 3.8) is 0 Å². The molecule has 0 atom stereocenters. The fourth-order valence-corrected chi connectivity index (χ4v) is 1.35. The summed E-state index contributed by atoms with van der Waals surface area (Å²) in [4.78, 5) is 0. The molecule has 0 aliphatic carbocycles. The van der Waals surface area contributed by atoms with E-state index in [0.717, 1.165) is 6.07 Å². The summed E-state index contributed by atoms with van der Waals surface area (Å²) in [6, 6.07) is 2.97. The largest absolute Gasteiger partial charge is 0.382 e. The molecule has 0 radical (unpaired) electrons. The number of hydrogen-bond donors (Lipinski definition) is 2. The number of hydrogen-bond acceptors (Lipinski definition) is 3. The maximum Gasteiger partial charge on any atom is 0.210 e. The van der Waals surface area contributed by atoms with Gasteiger partial charge < -0.3 is 5.32 Å². The van der Waals surface area contributed by atoms with E-state index >= 15 is 0 Å². The first-order chi connectivity index (χ1) is 6.88. The lowest BCUT2D eigenvalue weighted by Gasteiger charge is -2.06. The van der Waals surface area contributed by atoms with Crippen molar-refractivity contribution in [3.05, 3.63) is 29.8 Å². The second-order valence-electron chi connectivity index (χ2n) is 2.92. The Labute approximate surface area is 86.1 Å². The SMILES string of the molecule is NS(=O)(=O)CCNc1ccc(F)cc1F. The van der Waals surface area contributed by atoms with Gasteiger partial charge in [-0.3, -0.25) is 0 Å². The van der Waals surface area contributed by atoms with E-state index in [1.54, 1.807) is 0 Å². The van der Waals surface area contributed by atoms with Crippen molar-refractivity contribution < 1.29 is 17.2 Å². The third-order valence-corrected chi connectivity index (χ3v) is 2.41. The number of nitrogens with one attached hydrogen (secondary N) is 1. The molecule has 15 heavy (non-hydrogen) atoms. The predicted octanol–water partition coefficient (Wildman–Crippen LogP) is 0.665. The molecule has 0 heterocycles. The van der Waals surface area contributed by atoms with E-state index in [0.29, 0.717) is 6.07 Å². The highest BCUT2D eigenvalue weighted by Crippen LogP contribution is 2.14. The van der Waals surface area contributed by atoms with E-state index in [1.807, 2.05) is 0 Å². The quantitative estimate of drug-likeness (QED) is 0.806. The first kappa shape index (κ1) is 11.9. The monoisotopic (exact) mass is 236 g/mol. The van der Waals surface area contributed by atoms with Crippen molar-refractivity contribution in [3.8, 4) is 0 Å². The van der Waals surface area contributed by atoms with Gasteiger partial charge in [0.2, 0.25) is 10.0 Å². The van der Waals surface area contributed by atoms with Crippen molar-refractivity contribution in [2.45, 2.75) is 0 Å². The smallest absolute Gasteiger partial charge is 0.210 e. The Kier molecular flexibility index (Phi) is 3.59. The van der Waals surface area contributed by atoms with Gasteiger partial charge in [0, 0.05) is 12.6 Å². The summed E-state index contributed by atoms with van der Waals surface area (Å²) in [5.74, 6) is -1.78. The number of halogens is 2. The molecule has 0 fully saturated rings. The van der Waals surface area contributed by atoms with Crippen LogP contribution in [0, 0.1) is 11.6 Å². The Hall–Kier alpha value is -1.21. The second kappa shape index (κ2) is 4.54. The summed E-state index contributed by atoms with van der Waals surface area (Å²) in [6.07, 6.45) is 0. The zero-order chi connectivity index (χ0) is 11.5. The van der Waals surface area contributed by atoms with Crippen LogP contribution in [-0.4, -0.2) is 20.7 Å². The zero-order valence-corrected chi connectivity index (χ0v) is 8.52.